The van der Waals surface area contributed by atoms with Crippen LogP contribution < -0.4 is 16.0 Å². The first kappa shape index (κ1) is 44.2. The summed E-state index contributed by atoms with van der Waals surface area (Å²) < 4.78 is 25.1. The van der Waals surface area contributed by atoms with Gasteiger partial charge in [0.15, 0.2) is 0 Å². The van der Waals surface area contributed by atoms with Gasteiger partial charge in [-0.25, -0.2) is 9.48 Å². The molecule has 2 heterocycles. The van der Waals surface area contributed by atoms with Crippen LogP contribution in [0.3, 0.4) is 0 Å². The minimum Gasteiger partial charge on any atom is -0.477 e. The summed E-state index contributed by atoms with van der Waals surface area (Å²) in [6, 6.07) is 13.9. The predicted molar refractivity (Wildman–Crippen MR) is 198 cm³/mol. The molecule has 0 unspecified atom stereocenters. The fourth-order valence-electron chi connectivity index (χ4n) is 5.75. The van der Waals surface area contributed by atoms with Crippen molar-refractivity contribution in [2.45, 2.75) is 88.6 Å². The van der Waals surface area contributed by atoms with E-state index in [1.54, 1.807) is 60.8 Å². The minimum atomic E-state index is -2.47. The largest absolute Gasteiger partial charge is 0.477 e. The summed E-state index contributed by atoms with van der Waals surface area (Å²) in [5.41, 5.74) is 1.56. The van der Waals surface area contributed by atoms with Crippen molar-refractivity contribution in [2.75, 3.05) is 32.9 Å². The zero-order valence-corrected chi connectivity index (χ0v) is 31.7. The Morgan fingerprint density at radius 1 is 1.00 bits per heavy atom. The third kappa shape index (κ3) is 13.6. The molecule has 0 radical (unpaired) electrons. The molecule has 0 bridgehead atoms. The van der Waals surface area contributed by atoms with Gasteiger partial charge in [-0.3, -0.25) is 14.4 Å². The number of hydrogen-bond acceptors (Lipinski definition) is 13. The van der Waals surface area contributed by atoms with Gasteiger partial charge in [-0.2, -0.15) is 0 Å². The average molecular weight is 805 g/mol. The van der Waals surface area contributed by atoms with Crippen LogP contribution in [0.5, 0.6) is 0 Å². The lowest BCUT2D eigenvalue weighted by molar-refractivity contribution is -0.318. The highest BCUT2D eigenvalue weighted by Crippen LogP contribution is 2.36. The molecule has 1 aromatic heterocycles. The fraction of sp³-hybridized carbons (Fsp3) is 0.514. The van der Waals surface area contributed by atoms with Crippen molar-refractivity contribution in [1.82, 2.24) is 30.9 Å². The lowest BCUT2D eigenvalue weighted by atomic mass is 9.88. The number of aliphatic hydroxyl groups excluding tert-OH is 3. The van der Waals surface area contributed by atoms with Gasteiger partial charge in [-0.15, -0.1) is 5.10 Å². The molecule has 1 aliphatic heterocycles. The number of carboxylic acid groups (broad SMARTS) is 1. The Bertz CT molecular complexity index is 1700. The number of carboxylic acids is 1. The maximum Gasteiger partial charge on any atom is 0.364 e. The molecule has 19 heteroatoms. The van der Waals surface area contributed by atoms with Crippen molar-refractivity contribution in [3.05, 3.63) is 82.6 Å². The van der Waals surface area contributed by atoms with Crippen LogP contribution in [-0.4, -0.2) is 128 Å². The standard InChI is InChI=1S/C37H49ClN6O12/c1-2-13-39-30(47)12-15-53-16-14-44-20-27(42-43-44)23-54-29-18-37(36(51)52,55-22-25-6-4-3-5-7-25)56-35(33(29)41-32(49)21-45)34(50)28(46)19-40-31(48)17-24-8-10-26(38)11-9-24/h3-11,20,28-29,33-35,45-46,50H,2,12-19,21-23H2,1H3,(H,39,47)(H,40,48)(H,41,49)(H,51,52)/t28-,29+,33-,34-,35-,37-/m1/s1. The van der Waals surface area contributed by atoms with Crippen LogP contribution in [0.1, 0.15) is 43.0 Å². The molecule has 56 heavy (non-hydrogen) atoms. The van der Waals surface area contributed by atoms with Gasteiger partial charge in [0, 0.05) is 31.0 Å². The van der Waals surface area contributed by atoms with Gasteiger partial charge in [0.25, 0.3) is 5.79 Å². The number of amides is 3. The van der Waals surface area contributed by atoms with Gasteiger partial charge >= 0.3 is 5.97 Å². The van der Waals surface area contributed by atoms with Gasteiger partial charge < -0.3 is 55.3 Å². The van der Waals surface area contributed by atoms with Gasteiger partial charge in [0.2, 0.25) is 17.7 Å². The molecule has 0 saturated carbocycles. The van der Waals surface area contributed by atoms with E-state index in [4.69, 9.17) is 30.5 Å². The first-order valence-electron chi connectivity index (χ1n) is 18.1. The van der Waals surface area contributed by atoms with E-state index in [1.165, 1.54) is 4.68 Å². The van der Waals surface area contributed by atoms with E-state index >= 15 is 0 Å². The van der Waals surface area contributed by atoms with E-state index < -0.39 is 73.6 Å². The van der Waals surface area contributed by atoms with Crippen LogP contribution in [0.2, 0.25) is 5.02 Å². The number of rotatable bonds is 23. The number of aliphatic carboxylic acids is 1. The minimum absolute atomic E-state index is 0.0596. The highest BCUT2D eigenvalue weighted by molar-refractivity contribution is 6.30. The van der Waals surface area contributed by atoms with Crippen molar-refractivity contribution < 1.29 is 58.6 Å². The second-order valence-corrected chi connectivity index (χ2v) is 13.5. The molecule has 1 aliphatic rings. The molecule has 4 rings (SSSR count). The summed E-state index contributed by atoms with van der Waals surface area (Å²) in [4.78, 5) is 50.0. The first-order valence-corrected chi connectivity index (χ1v) is 18.5. The van der Waals surface area contributed by atoms with Crippen molar-refractivity contribution in [1.29, 1.82) is 0 Å². The van der Waals surface area contributed by atoms with E-state index in [1.807, 2.05) is 6.92 Å². The Morgan fingerprint density at radius 2 is 1.75 bits per heavy atom. The molecule has 3 amide bonds. The zero-order chi connectivity index (χ0) is 40.5. The molecule has 0 aliphatic carbocycles. The number of hydrogen-bond donors (Lipinski definition) is 7. The fourth-order valence-corrected chi connectivity index (χ4v) is 5.88. The van der Waals surface area contributed by atoms with E-state index in [9.17, 15) is 39.6 Å². The number of benzene rings is 2. The quantitative estimate of drug-likeness (QED) is 0.0628. The Balaban J connectivity index is 1.50. The monoisotopic (exact) mass is 804 g/mol. The molecular weight excluding hydrogens is 756 g/mol. The zero-order valence-electron chi connectivity index (χ0n) is 30.9. The molecule has 0 spiro atoms. The third-order valence-corrected chi connectivity index (χ3v) is 8.97. The van der Waals surface area contributed by atoms with Crippen LogP contribution in [0.25, 0.3) is 0 Å². The second kappa shape index (κ2) is 22.3. The maximum atomic E-state index is 13.0. The molecule has 7 N–H and O–H groups in total. The van der Waals surface area contributed by atoms with Crippen LogP contribution in [-0.2, 0) is 64.3 Å². The van der Waals surface area contributed by atoms with Crippen LogP contribution in [0, 0.1) is 0 Å². The Morgan fingerprint density at radius 3 is 2.45 bits per heavy atom. The second-order valence-electron chi connectivity index (χ2n) is 13.1. The van der Waals surface area contributed by atoms with Crippen LogP contribution >= 0.6 is 11.6 Å². The molecule has 306 valence electrons. The van der Waals surface area contributed by atoms with Crippen molar-refractivity contribution >= 4 is 35.3 Å². The molecular formula is C37H49ClN6O12. The van der Waals surface area contributed by atoms with Crippen molar-refractivity contribution in [3.8, 4) is 0 Å². The van der Waals surface area contributed by atoms with E-state index in [0.717, 1.165) is 6.42 Å². The summed E-state index contributed by atoms with van der Waals surface area (Å²) in [5.74, 6) is -5.54. The number of aliphatic hydroxyl groups is 3. The Kier molecular flexibility index (Phi) is 17.6. The predicted octanol–water partition coefficient (Wildman–Crippen LogP) is 0.0940. The smallest absolute Gasteiger partial charge is 0.364 e. The van der Waals surface area contributed by atoms with Crippen molar-refractivity contribution in [3.63, 3.8) is 0 Å². The number of ether oxygens (including phenoxy) is 4. The average Bonchev–Trinajstić information content (AvgIpc) is 3.66. The SMILES string of the molecule is CCCNC(=O)CCOCCn1cc(CO[C@H]2C[C@](OCc3ccccc3)(C(=O)O)O[C@@H]([C@H](O)[C@H](O)CNC(=O)Cc3ccc(Cl)cc3)[C@@H]2NC(=O)CO)nn1. The van der Waals surface area contributed by atoms with Crippen LogP contribution in [0.4, 0.5) is 0 Å². The van der Waals surface area contributed by atoms with Gasteiger partial charge in [0.05, 0.1) is 63.8 Å². The highest BCUT2D eigenvalue weighted by atomic mass is 35.5. The van der Waals surface area contributed by atoms with Gasteiger partial charge in [0.1, 0.15) is 24.5 Å². The Labute approximate surface area is 328 Å². The summed E-state index contributed by atoms with van der Waals surface area (Å²) in [7, 11) is 0. The lowest BCUT2D eigenvalue weighted by Gasteiger charge is -2.47. The van der Waals surface area contributed by atoms with Gasteiger partial charge in [-0.05, 0) is 29.7 Å². The molecule has 3 aromatic rings. The van der Waals surface area contributed by atoms with E-state index in [-0.39, 0.29) is 45.2 Å². The summed E-state index contributed by atoms with van der Waals surface area (Å²) >= 11 is 5.92. The number of carbonyl (C=O) groups is 4. The molecule has 18 nitrogen and oxygen atoms in total. The summed E-state index contributed by atoms with van der Waals surface area (Å²) in [6.45, 7) is 1.37. The van der Waals surface area contributed by atoms with Gasteiger partial charge in [-0.1, -0.05) is 66.2 Å². The molecule has 2 aromatic carbocycles. The Hall–Kier alpha value is -4.53. The number of carbonyl (C=O) groups excluding carboxylic acids is 3. The summed E-state index contributed by atoms with van der Waals surface area (Å²) in [6.07, 6.45) is -4.62. The highest BCUT2D eigenvalue weighted by Gasteiger charge is 2.56. The van der Waals surface area contributed by atoms with Crippen LogP contribution in [0.15, 0.2) is 60.8 Å². The number of nitrogens with one attached hydrogen (secondary N) is 3. The molecule has 6 atom stereocenters. The molecule has 1 fully saturated rings. The van der Waals surface area contributed by atoms with Crippen molar-refractivity contribution in [2.24, 2.45) is 0 Å². The maximum absolute atomic E-state index is 13.0. The number of halogens is 1. The topological polar surface area (TPSA) is 253 Å². The lowest BCUT2D eigenvalue weighted by Crippen LogP contribution is -2.68. The van der Waals surface area contributed by atoms with E-state index in [2.05, 4.69) is 26.3 Å². The summed E-state index contributed by atoms with van der Waals surface area (Å²) in [5, 5.41) is 59.2. The number of aromatic nitrogens is 3. The molecule has 1 saturated heterocycles. The normalized spacial score (nSPS) is 20.5. The number of nitrogens with zero attached hydrogens (tertiary/aromatic N) is 3. The first-order chi connectivity index (χ1) is 26.9. The third-order valence-electron chi connectivity index (χ3n) is 8.72. The van der Waals surface area contributed by atoms with E-state index in [0.29, 0.717) is 34.9 Å².